The summed E-state index contributed by atoms with van der Waals surface area (Å²) in [5.41, 5.74) is 3.81. The first-order valence-corrected chi connectivity index (χ1v) is 8.82. The molecule has 2 N–H and O–H groups in total. The molecule has 24 heavy (non-hydrogen) atoms. The van der Waals surface area contributed by atoms with Gasteiger partial charge in [-0.1, -0.05) is 30.3 Å². The third kappa shape index (κ3) is 3.03. The van der Waals surface area contributed by atoms with Crippen molar-refractivity contribution in [1.29, 1.82) is 0 Å². The Morgan fingerprint density at radius 2 is 2.17 bits per heavy atom. The van der Waals surface area contributed by atoms with Gasteiger partial charge >= 0.3 is 6.03 Å². The van der Waals surface area contributed by atoms with E-state index in [1.54, 1.807) is 0 Å². The third-order valence-corrected chi connectivity index (χ3v) is 5.36. The second kappa shape index (κ2) is 6.30. The van der Waals surface area contributed by atoms with E-state index in [0.29, 0.717) is 11.8 Å². The number of hydrogen-bond acceptors (Lipinski definition) is 2. The number of aryl methyl sites for hydroxylation is 1. The molecule has 2 aliphatic rings. The van der Waals surface area contributed by atoms with E-state index < -0.39 is 0 Å². The molecule has 1 aromatic heterocycles. The molecule has 0 unspecified atom stereocenters. The fourth-order valence-corrected chi connectivity index (χ4v) is 3.87. The molecule has 0 saturated heterocycles. The molecule has 0 spiro atoms. The molecule has 0 radical (unpaired) electrons. The van der Waals surface area contributed by atoms with Crippen molar-refractivity contribution >= 4 is 6.03 Å². The van der Waals surface area contributed by atoms with Gasteiger partial charge in [-0.25, -0.2) is 4.79 Å². The quantitative estimate of drug-likeness (QED) is 0.908. The van der Waals surface area contributed by atoms with E-state index in [-0.39, 0.29) is 12.1 Å². The number of fused-ring (bicyclic) bond motifs is 1. The normalized spacial score (nSPS) is 25.0. The summed E-state index contributed by atoms with van der Waals surface area (Å²) in [7, 11) is 1.97. The summed E-state index contributed by atoms with van der Waals surface area (Å²) in [5, 5.41) is 10.5. The largest absolute Gasteiger partial charge is 0.338 e. The van der Waals surface area contributed by atoms with Crippen LogP contribution in [0.25, 0.3) is 0 Å². The van der Waals surface area contributed by atoms with Crippen LogP contribution in [-0.2, 0) is 13.5 Å². The summed E-state index contributed by atoms with van der Waals surface area (Å²) in [6.45, 7) is 0.748. The zero-order valence-electron chi connectivity index (χ0n) is 14.0. The fourth-order valence-electron chi connectivity index (χ4n) is 3.87. The van der Waals surface area contributed by atoms with E-state index in [2.05, 4.69) is 40.0 Å². The molecule has 2 aliphatic carbocycles. The highest BCUT2D eigenvalue weighted by molar-refractivity contribution is 5.74. The minimum atomic E-state index is -0.0598. The molecule has 2 aromatic rings. The van der Waals surface area contributed by atoms with Gasteiger partial charge in [-0.15, -0.1) is 0 Å². The van der Waals surface area contributed by atoms with E-state index >= 15 is 0 Å². The van der Waals surface area contributed by atoms with Crippen molar-refractivity contribution in [3.63, 3.8) is 0 Å². The molecular weight excluding hydrogens is 300 g/mol. The molecule has 1 aromatic carbocycles. The highest BCUT2D eigenvalue weighted by Crippen LogP contribution is 2.46. The number of benzene rings is 1. The maximum atomic E-state index is 12.3. The minimum Gasteiger partial charge on any atom is -0.338 e. The van der Waals surface area contributed by atoms with E-state index in [1.807, 2.05) is 24.0 Å². The third-order valence-electron chi connectivity index (χ3n) is 5.36. The van der Waals surface area contributed by atoms with Gasteiger partial charge < -0.3 is 10.6 Å². The van der Waals surface area contributed by atoms with Gasteiger partial charge in [0.2, 0.25) is 0 Å². The first-order valence-electron chi connectivity index (χ1n) is 8.82. The minimum absolute atomic E-state index is 0.0598. The van der Waals surface area contributed by atoms with Crippen LogP contribution in [0, 0.1) is 5.92 Å². The predicted molar refractivity (Wildman–Crippen MR) is 92.7 cm³/mol. The number of amides is 2. The zero-order chi connectivity index (χ0) is 16.5. The molecule has 1 fully saturated rings. The Morgan fingerprint density at radius 1 is 1.33 bits per heavy atom. The van der Waals surface area contributed by atoms with Crippen molar-refractivity contribution in [3.8, 4) is 0 Å². The van der Waals surface area contributed by atoms with Gasteiger partial charge in [-0.05, 0) is 43.1 Å². The maximum absolute atomic E-state index is 12.3. The second-order valence-electron chi connectivity index (χ2n) is 6.98. The van der Waals surface area contributed by atoms with Crippen molar-refractivity contribution in [1.82, 2.24) is 20.4 Å². The molecule has 0 aliphatic heterocycles. The standard InChI is InChI=1S/C19H24N4O/c1-23-18-9-5-8-17(16(18)12-21-23)22-19(24)20-11-14-10-15(14)13-6-3-2-4-7-13/h2-4,6-7,12,14-15,17H,5,8-11H2,1H3,(H2,20,22,24)/t14-,15+,17-/m0/s1. The van der Waals surface area contributed by atoms with Crippen molar-refractivity contribution in [3.05, 3.63) is 53.3 Å². The van der Waals surface area contributed by atoms with Crippen LogP contribution in [0.3, 0.4) is 0 Å². The van der Waals surface area contributed by atoms with E-state index in [4.69, 9.17) is 0 Å². The molecule has 1 saturated carbocycles. The monoisotopic (exact) mass is 324 g/mol. The first kappa shape index (κ1) is 15.2. The first-order chi connectivity index (χ1) is 11.7. The van der Waals surface area contributed by atoms with Crippen LogP contribution in [0.5, 0.6) is 0 Å². The summed E-state index contributed by atoms with van der Waals surface area (Å²) in [6, 6.07) is 10.6. The van der Waals surface area contributed by atoms with Gasteiger partial charge in [0.05, 0.1) is 12.2 Å². The van der Waals surface area contributed by atoms with E-state index in [0.717, 1.165) is 25.8 Å². The van der Waals surface area contributed by atoms with Crippen LogP contribution in [-0.4, -0.2) is 22.4 Å². The Hall–Kier alpha value is -2.30. The van der Waals surface area contributed by atoms with Gasteiger partial charge in [0, 0.05) is 24.8 Å². The van der Waals surface area contributed by atoms with Gasteiger partial charge in [-0.3, -0.25) is 4.68 Å². The SMILES string of the molecule is Cn1ncc2c1CCC[C@@H]2NC(=O)NC[C@@H]1C[C@@H]1c1ccccc1. The van der Waals surface area contributed by atoms with Crippen molar-refractivity contribution in [2.45, 2.75) is 37.6 Å². The number of hydrogen-bond donors (Lipinski definition) is 2. The topological polar surface area (TPSA) is 59.0 Å². The lowest BCUT2D eigenvalue weighted by molar-refractivity contribution is 0.235. The average Bonchev–Trinajstić information content (AvgIpc) is 3.30. The predicted octanol–water partition coefficient (Wildman–Crippen LogP) is 2.90. The van der Waals surface area contributed by atoms with Crippen LogP contribution >= 0.6 is 0 Å². The highest BCUT2D eigenvalue weighted by Gasteiger charge is 2.38. The fraction of sp³-hybridized carbons (Fsp3) is 0.474. The summed E-state index contributed by atoms with van der Waals surface area (Å²) in [4.78, 5) is 12.3. The van der Waals surface area contributed by atoms with Crippen molar-refractivity contribution in [2.24, 2.45) is 13.0 Å². The molecule has 1 heterocycles. The Bertz CT molecular complexity index is 724. The van der Waals surface area contributed by atoms with Gasteiger partial charge in [0.25, 0.3) is 0 Å². The average molecular weight is 324 g/mol. The lowest BCUT2D eigenvalue weighted by Crippen LogP contribution is -2.40. The molecule has 5 nitrogen and oxygen atoms in total. The van der Waals surface area contributed by atoms with E-state index in [9.17, 15) is 4.79 Å². The summed E-state index contributed by atoms with van der Waals surface area (Å²) >= 11 is 0. The van der Waals surface area contributed by atoms with Crippen molar-refractivity contribution in [2.75, 3.05) is 6.54 Å². The summed E-state index contributed by atoms with van der Waals surface area (Å²) in [5.74, 6) is 1.17. The molecule has 3 atom stereocenters. The molecule has 5 heteroatoms. The van der Waals surface area contributed by atoms with Crippen LogP contribution < -0.4 is 10.6 Å². The Balaban J connectivity index is 1.28. The number of carbonyl (C=O) groups excluding carboxylic acids is 1. The van der Waals surface area contributed by atoms with Gasteiger partial charge in [0.1, 0.15) is 0 Å². The molecular formula is C19H24N4O. The Morgan fingerprint density at radius 3 is 3.00 bits per heavy atom. The van der Waals surface area contributed by atoms with Gasteiger partial charge in [0.15, 0.2) is 0 Å². The van der Waals surface area contributed by atoms with Crippen LogP contribution in [0.15, 0.2) is 36.5 Å². The summed E-state index contributed by atoms with van der Waals surface area (Å²) < 4.78 is 1.93. The number of aromatic nitrogens is 2. The van der Waals surface area contributed by atoms with Crippen LogP contribution in [0.4, 0.5) is 4.79 Å². The molecule has 126 valence electrons. The molecule has 0 bridgehead atoms. The number of nitrogens with zero attached hydrogens (tertiary/aromatic N) is 2. The number of carbonyl (C=O) groups is 1. The smallest absolute Gasteiger partial charge is 0.315 e. The second-order valence-corrected chi connectivity index (χ2v) is 6.98. The number of rotatable bonds is 4. The number of nitrogens with one attached hydrogen (secondary N) is 2. The highest BCUT2D eigenvalue weighted by atomic mass is 16.2. The summed E-state index contributed by atoms with van der Waals surface area (Å²) in [6.07, 6.45) is 6.19. The van der Waals surface area contributed by atoms with Crippen LogP contribution in [0.2, 0.25) is 0 Å². The van der Waals surface area contributed by atoms with Crippen molar-refractivity contribution < 1.29 is 4.79 Å². The molecule has 2 amide bonds. The lowest BCUT2D eigenvalue weighted by Gasteiger charge is -2.24. The van der Waals surface area contributed by atoms with Crippen LogP contribution in [0.1, 0.15) is 48.0 Å². The lowest BCUT2D eigenvalue weighted by atomic mass is 9.93. The number of urea groups is 1. The van der Waals surface area contributed by atoms with E-state index in [1.165, 1.54) is 23.2 Å². The zero-order valence-corrected chi connectivity index (χ0v) is 14.0. The molecule has 4 rings (SSSR count). The maximum Gasteiger partial charge on any atom is 0.315 e. The van der Waals surface area contributed by atoms with Gasteiger partial charge in [-0.2, -0.15) is 5.10 Å². The Kier molecular flexibility index (Phi) is 4.00. The Labute approximate surface area is 142 Å².